The molecular formula is C28H30ClN3O2S. The molecule has 2 heterocycles. The van der Waals surface area contributed by atoms with E-state index in [2.05, 4.69) is 16.7 Å². The number of piperidine rings is 1. The lowest BCUT2D eigenvalue weighted by Gasteiger charge is -2.22. The standard InChI is InChI=1S/C28H30ClN3O2S/c1-3-32(4-2)28(34)21-10-8-19(9-11-21)25(20-12-15-30-16-13-20)22-6-5-7-23(18-22)31-27(33)26-24(29)14-17-35-26/h5-11,14,17-18,30H,3-4,12-13,15-16H2,1-2H3,(H,31,33). The summed E-state index contributed by atoms with van der Waals surface area (Å²) in [6, 6.07) is 17.6. The molecule has 0 saturated carbocycles. The summed E-state index contributed by atoms with van der Waals surface area (Å²) >= 11 is 7.47. The van der Waals surface area contributed by atoms with E-state index in [0.29, 0.717) is 28.6 Å². The quantitative estimate of drug-likeness (QED) is 0.393. The van der Waals surface area contributed by atoms with Crippen molar-refractivity contribution in [2.45, 2.75) is 26.7 Å². The third-order valence-electron chi connectivity index (χ3n) is 6.26. The zero-order valence-corrected chi connectivity index (χ0v) is 21.6. The van der Waals surface area contributed by atoms with E-state index in [-0.39, 0.29) is 11.8 Å². The molecule has 1 aliphatic heterocycles. The van der Waals surface area contributed by atoms with Gasteiger partial charge in [0.1, 0.15) is 4.88 Å². The molecule has 2 N–H and O–H groups in total. The summed E-state index contributed by atoms with van der Waals surface area (Å²) in [5.41, 5.74) is 6.07. The van der Waals surface area contributed by atoms with Gasteiger partial charge in [-0.05, 0) is 92.2 Å². The first-order chi connectivity index (χ1) is 17.0. The van der Waals surface area contributed by atoms with Crippen LogP contribution in [0.1, 0.15) is 57.8 Å². The maximum absolute atomic E-state index is 12.8. The predicted molar refractivity (Wildman–Crippen MR) is 146 cm³/mol. The average molecular weight is 508 g/mol. The molecule has 3 aromatic rings. The van der Waals surface area contributed by atoms with Crippen LogP contribution >= 0.6 is 22.9 Å². The molecule has 0 radical (unpaired) electrons. The fraction of sp³-hybridized carbons (Fsp3) is 0.286. The Kier molecular flexibility index (Phi) is 8.39. The predicted octanol–water partition coefficient (Wildman–Crippen LogP) is 6.32. The zero-order chi connectivity index (χ0) is 24.8. The Morgan fingerprint density at radius 3 is 2.29 bits per heavy atom. The Labute approximate surface area is 215 Å². The number of nitrogens with zero attached hydrogens (tertiary/aromatic N) is 1. The van der Waals surface area contributed by atoms with Gasteiger partial charge < -0.3 is 15.5 Å². The largest absolute Gasteiger partial charge is 0.339 e. The van der Waals surface area contributed by atoms with E-state index in [0.717, 1.165) is 42.7 Å². The van der Waals surface area contributed by atoms with Crippen LogP contribution in [0, 0.1) is 0 Å². The van der Waals surface area contributed by atoms with Crippen molar-refractivity contribution in [3.05, 3.63) is 92.1 Å². The number of hydrogen-bond donors (Lipinski definition) is 2. The summed E-state index contributed by atoms with van der Waals surface area (Å²) in [7, 11) is 0. The molecule has 0 aliphatic carbocycles. The first kappa shape index (κ1) is 25.2. The smallest absolute Gasteiger partial charge is 0.267 e. The number of nitrogens with one attached hydrogen (secondary N) is 2. The minimum Gasteiger partial charge on any atom is -0.339 e. The molecule has 0 atom stereocenters. The summed E-state index contributed by atoms with van der Waals surface area (Å²) in [6.07, 6.45) is 1.91. The summed E-state index contributed by atoms with van der Waals surface area (Å²) in [5.74, 6) is -0.160. The molecule has 1 saturated heterocycles. The Bertz CT molecular complexity index is 1220. The van der Waals surface area contributed by atoms with E-state index in [1.165, 1.54) is 22.5 Å². The number of hydrogen-bond acceptors (Lipinski definition) is 4. The van der Waals surface area contributed by atoms with Gasteiger partial charge in [0.15, 0.2) is 0 Å². The van der Waals surface area contributed by atoms with Gasteiger partial charge in [0.05, 0.1) is 5.02 Å². The van der Waals surface area contributed by atoms with Gasteiger partial charge in [-0.1, -0.05) is 41.4 Å². The van der Waals surface area contributed by atoms with Gasteiger partial charge >= 0.3 is 0 Å². The molecule has 2 amide bonds. The molecule has 4 rings (SSSR count). The summed E-state index contributed by atoms with van der Waals surface area (Å²) in [4.78, 5) is 27.8. The molecule has 182 valence electrons. The summed E-state index contributed by atoms with van der Waals surface area (Å²) in [5, 5.41) is 8.68. The highest BCUT2D eigenvalue weighted by molar-refractivity contribution is 7.12. The Morgan fingerprint density at radius 1 is 0.971 bits per heavy atom. The lowest BCUT2D eigenvalue weighted by molar-refractivity contribution is 0.0772. The third-order valence-corrected chi connectivity index (χ3v) is 7.60. The van der Waals surface area contributed by atoms with Crippen molar-refractivity contribution in [2.24, 2.45) is 0 Å². The van der Waals surface area contributed by atoms with Gasteiger partial charge in [0, 0.05) is 24.3 Å². The first-order valence-corrected chi connectivity index (χ1v) is 13.2. The minimum atomic E-state index is -0.211. The van der Waals surface area contributed by atoms with Crippen molar-refractivity contribution < 1.29 is 9.59 Å². The lowest BCUT2D eigenvalue weighted by Crippen LogP contribution is -2.30. The van der Waals surface area contributed by atoms with Crippen LogP contribution in [-0.2, 0) is 0 Å². The van der Waals surface area contributed by atoms with E-state index in [4.69, 9.17) is 11.6 Å². The van der Waals surface area contributed by atoms with E-state index >= 15 is 0 Å². The van der Waals surface area contributed by atoms with Crippen molar-refractivity contribution in [2.75, 3.05) is 31.5 Å². The Hall–Kier alpha value is -2.93. The zero-order valence-electron chi connectivity index (χ0n) is 20.1. The molecule has 2 aromatic carbocycles. The van der Waals surface area contributed by atoms with Crippen LogP contribution in [0.25, 0.3) is 5.57 Å². The van der Waals surface area contributed by atoms with E-state index in [1.54, 1.807) is 6.07 Å². The highest BCUT2D eigenvalue weighted by Crippen LogP contribution is 2.33. The molecule has 1 fully saturated rings. The maximum Gasteiger partial charge on any atom is 0.267 e. The highest BCUT2D eigenvalue weighted by Gasteiger charge is 2.18. The molecule has 0 unspecified atom stereocenters. The summed E-state index contributed by atoms with van der Waals surface area (Å²) in [6.45, 7) is 7.24. The molecule has 7 heteroatoms. The minimum absolute atomic E-state index is 0.0505. The van der Waals surface area contributed by atoms with Gasteiger partial charge in [-0.25, -0.2) is 0 Å². The van der Waals surface area contributed by atoms with Gasteiger partial charge in [-0.3, -0.25) is 9.59 Å². The molecule has 1 aliphatic rings. The van der Waals surface area contributed by atoms with Crippen molar-refractivity contribution in [1.29, 1.82) is 0 Å². The SMILES string of the molecule is CCN(CC)C(=O)c1ccc(C(=C2CCNCC2)c2cccc(NC(=O)c3sccc3Cl)c2)cc1. The van der Waals surface area contributed by atoms with Crippen molar-refractivity contribution >= 4 is 46.0 Å². The normalized spacial score (nSPS) is 13.4. The van der Waals surface area contributed by atoms with Crippen LogP contribution in [-0.4, -0.2) is 42.9 Å². The number of carbonyl (C=O) groups is 2. The first-order valence-electron chi connectivity index (χ1n) is 12.0. The fourth-order valence-electron chi connectivity index (χ4n) is 4.42. The van der Waals surface area contributed by atoms with Crippen LogP contribution in [0.15, 0.2) is 65.6 Å². The number of thiophene rings is 1. The number of rotatable bonds is 7. The third kappa shape index (κ3) is 5.84. The molecule has 0 spiro atoms. The monoisotopic (exact) mass is 507 g/mol. The van der Waals surface area contributed by atoms with Crippen molar-refractivity contribution in [3.8, 4) is 0 Å². The van der Waals surface area contributed by atoms with Gasteiger partial charge in [0.25, 0.3) is 11.8 Å². The number of amides is 2. The fourth-order valence-corrected chi connectivity index (χ4v) is 5.46. The Morgan fingerprint density at radius 2 is 1.66 bits per heavy atom. The number of carbonyl (C=O) groups excluding carboxylic acids is 2. The van der Waals surface area contributed by atoms with Crippen LogP contribution in [0.3, 0.4) is 0 Å². The van der Waals surface area contributed by atoms with Crippen LogP contribution in [0.2, 0.25) is 5.02 Å². The Balaban J connectivity index is 1.67. The van der Waals surface area contributed by atoms with Crippen LogP contribution < -0.4 is 10.6 Å². The summed E-state index contributed by atoms with van der Waals surface area (Å²) < 4.78 is 0. The average Bonchev–Trinajstić information content (AvgIpc) is 3.32. The van der Waals surface area contributed by atoms with Gasteiger partial charge in [0.2, 0.25) is 0 Å². The number of benzene rings is 2. The highest BCUT2D eigenvalue weighted by atomic mass is 35.5. The maximum atomic E-state index is 12.8. The van der Waals surface area contributed by atoms with Gasteiger partial charge in [-0.15, -0.1) is 11.3 Å². The topological polar surface area (TPSA) is 61.4 Å². The van der Waals surface area contributed by atoms with E-state index < -0.39 is 0 Å². The van der Waals surface area contributed by atoms with Gasteiger partial charge in [-0.2, -0.15) is 0 Å². The second kappa shape index (κ2) is 11.7. The molecule has 35 heavy (non-hydrogen) atoms. The second-order valence-electron chi connectivity index (χ2n) is 8.42. The van der Waals surface area contributed by atoms with Crippen LogP contribution in [0.5, 0.6) is 0 Å². The van der Waals surface area contributed by atoms with E-state index in [9.17, 15) is 9.59 Å². The van der Waals surface area contributed by atoms with Crippen molar-refractivity contribution in [1.82, 2.24) is 10.2 Å². The molecule has 1 aromatic heterocycles. The molecule has 0 bridgehead atoms. The number of halogens is 1. The van der Waals surface area contributed by atoms with Crippen LogP contribution in [0.4, 0.5) is 5.69 Å². The second-order valence-corrected chi connectivity index (χ2v) is 9.74. The van der Waals surface area contributed by atoms with Crippen molar-refractivity contribution in [3.63, 3.8) is 0 Å². The molecular weight excluding hydrogens is 478 g/mol. The van der Waals surface area contributed by atoms with E-state index in [1.807, 2.05) is 66.6 Å². The number of anilines is 1. The molecule has 5 nitrogen and oxygen atoms in total. The lowest BCUT2D eigenvalue weighted by atomic mass is 9.88.